The zero-order valence-corrected chi connectivity index (χ0v) is 9.64. The summed E-state index contributed by atoms with van der Waals surface area (Å²) >= 11 is 0. The van der Waals surface area contributed by atoms with E-state index < -0.39 is 11.9 Å². The molecule has 2 aromatic rings. The maximum absolute atomic E-state index is 12.9. The van der Waals surface area contributed by atoms with Gasteiger partial charge in [0.2, 0.25) is 5.95 Å². The van der Waals surface area contributed by atoms with Gasteiger partial charge in [-0.2, -0.15) is 4.39 Å². The molecule has 92 valence electrons. The van der Waals surface area contributed by atoms with Gasteiger partial charge in [-0.25, -0.2) is 4.98 Å². The third-order valence-electron chi connectivity index (χ3n) is 2.45. The molecule has 0 fully saturated rings. The second-order valence-electron chi connectivity index (χ2n) is 3.82. The van der Waals surface area contributed by atoms with Crippen molar-refractivity contribution in [2.45, 2.75) is 6.92 Å². The number of pyridine rings is 1. The van der Waals surface area contributed by atoms with E-state index in [4.69, 9.17) is 0 Å². The fraction of sp³-hybridized carbons (Fsp3) is 0.0769. The van der Waals surface area contributed by atoms with Crippen LogP contribution < -0.4 is 5.32 Å². The highest BCUT2D eigenvalue weighted by Crippen LogP contribution is 2.20. The molecule has 0 atom stereocenters. The third-order valence-corrected chi connectivity index (χ3v) is 2.45. The van der Waals surface area contributed by atoms with Crippen LogP contribution in [0.4, 0.5) is 10.1 Å². The number of aromatic nitrogens is 1. The number of aryl methyl sites for hydroxylation is 1. The number of benzene rings is 1. The van der Waals surface area contributed by atoms with E-state index in [1.54, 1.807) is 13.0 Å². The Bertz CT molecular complexity index is 599. The van der Waals surface area contributed by atoms with Gasteiger partial charge >= 0.3 is 0 Å². The van der Waals surface area contributed by atoms with Crippen LogP contribution in [-0.2, 0) is 0 Å². The molecule has 1 aromatic heterocycles. The van der Waals surface area contributed by atoms with Crippen molar-refractivity contribution < 1.29 is 14.3 Å². The summed E-state index contributed by atoms with van der Waals surface area (Å²) in [6.07, 6.45) is 1.23. The van der Waals surface area contributed by atoms with Crippen molar-refractivity contribution in [2.24, 2.45) is 0 Å². The van der Waals surface area contributed by atoms with Crippen LogP contribution in [0.3, 0.4) is 0 Å². The molecule has 5 heteroatoms. The van der Waals surface area contributed by atoms with Gasteiger partial charge in [-0.05, 0) is 36.8 Å². The summed E-state index contributed by atoms with van der Waals surface area (Å²) in [6, 6.07) is 7.07. The van der Waals surface area contributed by atoms with E-state index in [0.717, 1.165) is 11.6 Å². The number of halogens is 1. The van der Waals surface area contributed by atoms with Crippen LogP contribution in [0.2, 0.25) is 0 Å². The maximum atomic E-state index is 12.9. The molecule has 0 radical (unpaired) electrons. The zero-order chi connectivity index (χ0) is 13.1. The number of aromatic hydroxyl groups is 1. The van der Waals surface area contributed by atoms with Gasteiger partial charge in [0.1, 0.15) is 5.75 Å². The lowest BCUT2D eigenvalue weighted by Gasteiger charge is -2.08. The van der Waals surface area contributed by atoms with Crippen molar-refractivity contribution in [2.75, 3.05) is 5.32 Å². The van der Waals surface area contributed by atoms with Gasteiger partial charge in [-0.15, -0.1) is 0 Å². The molecule has 0 unspecified atom stereocenters. The fourth-order valence-corrected chi connectivity index (χ4v) is 1.53. The molecule has 0 aliphatic heterocycles. The van der Waals surface area contributed by atoms with E-state index in [2.05, 4.69) is 10.3 Å². The van der Waals surface area contributed by atoms with Crippen molar-refractivity contribution in [1.82, 2.24) is 4.98 Å². The van der Waals surface area contributed by atoms with Crippen molar-refractivity contribution in [3.63, 3.8) is 0 Å². The smallest absolute Gasteiger partial charge is 0.255 e. The Morgan fingerprint density at radius 3 is 2.78 bits per heavy atom. The lowest BCUT2D eigenvalue weighted by Crippen LogP contribution is -2.13. The first kappa shape index (κ1) is 12.0. The number of carbonyl (C=O) groups excluding carboxylic acids is 1. The number of nitrogens with one attached hydrogen (secondary N) is 1. The number of amides is 1. The van der Waals surface area contributed by atoms with Gasteiger partial charge in [0, 0.05) is 23.5 Å². The molecular formula is C13H11FN2O2. The van der Waals surface area contributed by atoms with E-state index in [0.29, 0.717) is 5.69 Å². The Morgan fingerprint density at radius 2 is 2.11 bits per heavy atom. The quantitative estimate of drug-likeness (QED) is 0.632. The first-order valence-electron chi connectivity index (χ1n) is 5.29. The Morgan fingerprint density at radius 1 is 1.33 bits per heavy atom. The van der Waals surface area contributed by atoms with Gasteiger partial charge in [0.25, 0.3) is 5.91 Å². The SMILES string of the molecule is Cc1cc(O)ccc1NC(=O)c1ccnc(F)c1. The number of hydrogen-bond donors (Lipinski definition) is 2. The molecule has 0 spiro atoms. The number of carbonyl (C=O) groups is 1. The van der Waals surface area contributed by atoms with Crippen molar-refractivity contribution in [3.8, 4) is 5.75 Å². The summed E-state index contributed by atoms with van der Waals surface area (Å²) in [5.41, 5.74) is 1.47. The molecule has 0 aliphatic rings. The monoisotopic (exact) mass is 246 g/mol. The standard InChI is InChI=1S/C13H11FN2O2/c1-8-6-10(17)2-3-11(8)16-13(18)9-4-5-15-12(14)7-9/h2-7,17H,1H3,(H,16,18). The van der Waals surface area contributed by atoms with E-state index >= 15 is 0 Å². The van der Waals surface area contributed by atoms with Crippen LogP contribution >= 0.6 is 0 Å². The Balaban J connectivity index is 2.21. The largest absolute Gasteiger partial charge is 0.508 e. The molecule has 18 heavy (non-hydrogen) atoms. The molecule has 4 nitrogen and oxygen atoms in total. The molecule has 0 saturated heterocycles. The van der Waals surface area contributed by atoms with Crippen LogP contribution in [0.1, 0.15) is 15.9 Å². The van der Waals surface area contributed by atoms with Crippen molar-refractivity contribution in [3.05, 3.63) is 53.6 Å². The van der Waals surface area contributed by atoms with Crippen LogP contribution in [0.25, 0.3) is 0 Å². The first-order chi connectivity index (χ1) is 8.56. The van der Waals surface area contributed by atoms with Gasteiger partial charge in [-0.3, -0.25) is 4.79 Å². The van der Waals surface area contributed by atoms with E-state index in [1.807, 2.05) is 0 Å². The minimum absolute atomic E-state index is 0.125. The minimum Gasteiger partial charge on any atom is -0.508 e. The molecule has 0 saturated carbocycles. The second-order valence-corrected chi connectivity index (χ2v) is 3.82. The summed E-state index contributed by atoms with van der Waals surface area (Å²) in [5.74, 6) is -1.00. The average molecular weight is 246 g/mol. The van der Waals surface area contributed by atoms with Crippen LogP contribution in [0.15, 0.2) is 36.5 Å². The number of hydrogen-bond acceptors (Lipinski definition) is 3. The van der Waals surface area contributed by atoms with Gasteiger partial charge in [0.15, 0.2) is 0 Å². The summed E-state index contributed by atoms with van der Waals surface area (Å²) < 4.78 is 12.9. The van der Waals surface area contributed by atoms with E-state index in [9.17, 15) is 14.3 Å². The number of phenols is 1. The van der Waals surface area contributed by atoms with E-state index in [1.165, 1.54) is 24.4 Å². The average Bonchev–Trinajstić information content (AvgIpc) is 2.32. The summed E-state index contributed by atoms with van der Waals surface area (Å²) in [4.78, 5) is 15.2. The number of anilines is 1. The fourth-order valence-electron chi connectivity index (χ4n) is 1.53. The van der Waals surface area contributed by atoms with Crippen molar-refractivity contribution in [1.29, 1.82) is 0 Å². The van der Waals surface area contributed by atoms with E-state index in [-0.39, 0.29) is 11.3 Å². The number of rotatable bonds is 2. The number of phenolic OH excluding ortho intramolecular Hbond substituents is 1. The molecular weight excluding hydrogens is 235 g/mol. The summed E-state index contributed by atoms with van der Waals surface area (Å²) in [7, 11) is 0. The van der Waals surface area contributed by atoms with Crippen LogP contribution in [0.5, 0.6) is 5.75 Å². The Hall–Kier alpha value is -2.43. The third kappa shape index (κ3) is 2.63. The Kier molecular flexibility index (Phi) is 3.23. The number of nitrogens with zero attached hydrogens (tertiary/aromatic N) is 1. The topological polar surface area (TPSA) is 62.2 Å². The lowest BCUT2D eigenvalue weighted by atomic mass is 10.1. The van der Waals surface area contributed by atoms with Crippen LogP contribution in [0, 0.1) is 12.9 Å². The zero-order valence-electron chi connectivity index (χ0n) is 9.64. The maximum Gasteiger partial charge on any atom is 0.255 e. The molecule has 1 aromatic carbocycles. The minimum atomic E-state index is -0.704. The van der Waals surface area contributed by atoms with Crippen molar-refractivity contribution >= 4 is 11.6 Å². The predicted octanol–water partition coefficient (Wildman–Crippen LogP) is 2.49. The molecule has 1 amide bonds. The highest BCUT2D eigenvalue weighted by molar-refractivity contribution is 6.04. The van der Waals surface area contributed by atoms with Gasteiger partial charge in [-0.1, -0.05) is 0 Å². The molecule has 2 N–H and O–H groups in total. The second kappa shape index (κ2) is 4.83. The summed E-state index contributed by atoms with van der Waals surface area (Å²) in [5, 5.41) is 11.9. The molecule has 2 rings (SSSR count). The van der Waals surface area contributed by atoms with Gasteiger partial charge in [0.05, 0.1) is 0 Å². The predicted molar refractivity (Wildman–Crippen MR) is 65.0 cm³/mol. The normalized spacial score (nSPS) is 10.1. The van der Waals surface area contributed by atoms with Crippen LogP contribution in [-0.4, -0.2) is 16.0 Å². The molecule has 1 heterocycles. The van der Waals surface area contributed by atoms with Gasteiger partial charge < -0.3 is 10.4 Å². The lowest BCUT2D eigenvalue weighted by molar-refractivity contribution is 0.102. The highest BCUT2D eigenvalue weighted by atomic mass is 19.1. The molecule has 0 aliphatic carbocycles. The first-order valence-corrected chi connectivity index (χ1v) is 5.29. The summed E-state index contributed by atoms with van der Waals surface area (Å²) in [6.45, 7) is 1.75. The highest BCUT2D eigenvalue weighted by Gasteiger charge is 2.09. The Labute approximate surface area is 103 Å². The molecule has 0 bridgehead atoms.